The summed E-state index contributed by atoms with van der Waals surface area (Å²) in [5, 5.41) is 3.64. The molecule has 0 atom stereocenters. The molecule has 8 nitrogen and oxygen atoms in total. The molecule has 4 rings (SSSR count). The van der Waals surface area contributed by atoms with Gasteiger partial charge in [-0.15, -0.1) is 11.3 Å². The Balaban J connectivity index is 1.64. The number of fused-ring (bicyclic) bond motifs is 1. The van der Waals surface area contributed by atoms with E-state index in [1.54, 1.807) is 31.8 Å². The second kappa shape index (κ2) is 13.3. The molecule has 1 amide bonds. The Kier molecular flexibility index (Phi) is 9.67. The fourth-order valence-corrected chi connectivity index (χ4v) is 5.12. The summed E-state index contributed by atoms with van der Waals surface area (Å²) in [5.41, 5.74) is 5.73. The first-order valence-electron chi connectivity index (χ1n) is 12.4. The van der Waals surface area contributed by atoms with E-state index in [1.165, 1.54) is 0 Å². The van der Waals surface area contributed by atoms with E-state index in [1.807, 2.05) is 31.3 Å². The second-order valence-electron chi connectivity index (χ2n) is 8.62. The van der Waals surface area contributed by atoms with Crippen LogP contribution in [0.15, 0.2) is 54.9 Å². The quantitative estimate of drug-likeness (QED) is 0.283. The van der Waals surface area contributed by atoms with Gasteiger partial charge in [0.15, 0.2) is 0 Å². The molecule has 0 spiro atoms. The van der Waals surface area contributed by atoms with Crippen LogP contribution in [0.2, 0.25) is 0 Å². The molecule has 1 aromatic carbocycles. The van der Waals surface area contributed by atoms with Gasteiger partial charge >= 0.3 is 0 Å². The van der Waals surface area contributed by atoms with E-state index in [0.29, 0.717) is 19.8 Å². The predicted molar refractivity (Wildman–Crippen MR) is 147 cm³/mol. The first-order chi connectivity index (χ1) is 18.1. The van der Waals surface area contributed by atoms with Crippen molar-refractivity contribution in [2.24, 2.45) is 0 Å². The average molecular weight is 520 g/mol. The molecule has 37 heavy (non-hydrogen) atoms. The fourth-order valence-electron chi connectivity index (χ4n) is 4.06. The van der Waals surface area contributed by atoms with Gasteiger partial charge in [-0.3, -0.25) is 19.7 Å². The third-order valence-electron chi connectivity index (χ3n) is 5.93. The van der Waals surface area contributed by atoms with Gasteiger partial charge in [-0.1, -0.05) is 12.1 Å². The summed E-state index contributed by atoms with van der Waals surface area (Å²) >= 11 is 1.55. The molecule has 0 aliphatic heterocycles. The normalized spacial score (nSPS) is 11.4. The number of nitrogens with one attached hydrogen (secondary N) is 1. The highest BCUT2D eigenvalue weighted by Crippen LogP contribution is 2.36. The summed E-state index contributed by atoms with van der Waals surface area (Å²) in [6, 6.07) is 14.2. The highest BCUT2D eigenvalue weighted by molar-refractivity contribution is 7.19. The number of methoxy groups -OCH3 is 2. The standard InChI is InChI=1S/C28H33N5O3S/c1-4-29-26(34)17-27-32-25-16-21(15-23(28(25)37-27)24-7-5-6-10-30-24)20-8-9-22(31-18-20)19-33(11-13-35-2)12-14-36-3/h5-10,15-16,18H,4,11-14,17,19H2,1-3H3,(H,29,34). The van der Waals surface area contributed by atoms with Crippen molar-refractivity contribution < 1.29 is 14.3 Å². The summed E-state index contributed by atoms with van der Waals surface area (Å²) < 4.78 is 11.5. The molecular formula is C28H33N5O3S. The van der Waals surface area contributed by atoms with Gasteiger partial charge in [0, 0.05) is 63.9 Å². The summed E-state index contributed by atoms with van der Waals surface area (Å²) in [7, 11) is 3.42. The average Bonchev–Trinajstić information content (AvgIpc) is 3.32. The maximum Gasteiger partial charge on any atom is 0.226 e. The first-order valence-corrected chi connectivity index (χ1v) is 13.2. The molecule has 0 fully saturated rings. The SMILES string of the molecule is CCNC(=O)Cc1nc2cc(-c3ccc(CN(CCOC)CCOC)nc3)cc(-c3ccccn3)c2s1. The number of likely N-dealkylation sites (N-methyl/N-ethyl adjacent to an activating group) is 1. The number of rotatable bonds is 13. The number of ether oxygens (including phenoxy) is 2. The molecule has 3 heterocycles. The number of carbonyl (C=O) groups excluding carboxylic acids is 1. The number of nitrogens with zero attached hydrogens (tertiary/aromatic N) is 4. The van der Waals surface area contributed by atoms with Crippen LogP contribution in [0.4, 0.5) is 0 Å². The smallest absolute Gasteiger partial charge is 0.226 e. The topological polar surface area (TPSA) is 89.5 Å². The molecule has 0 unspecified atom stereocenters. The highest BCUT2D eigenvalue weighted by Gasteiger charge is 2.16. The molecular weight excluding hydrogens is 486 g/mol. The molecule has 0 aliphatic rings. The van der Waals surface area contributed by atoms with Gasteiger partial charge < -0.3 is 14.8 Å². The number of hydrogen-bond donors (Lipinski definition) is 1. The van der Waals surface area contributed by atoms with Gasteiger partial charge in [-0.05, 0) is 42.8 Å². The fraction of sp³-hybridized carbons (Fsp3) is 0.357. The van der Waals surface area contributed by atoms with Crippen molar-refractivity contribution >= 4 is 27.5 Å². The summed E-state index contributed by atoms with van der Waals surface area (Å²) in [5.74, 6) is -0.0222. The van der Waals surface area contributed by atoms with Crippen LogP contribution >= 0.6 is 11.3 Å². The molecule has 0 aliphatic carbocycles. The van der Waals surface area contributed by atoms with Crippen LogP contribution in [-0.4, -0.2) is 72.8 Å². The molecule has 0 saturated carbocycles. The molecule has 0 radical (unpaired) electrons. The lowest BCUT2D eigenvalue weighted by Gasteiger charge is -2.21. The van der Waals surface area contributed by atoms with Gasteiger partial charge in [-0.2, -0.15) is 0 Å². The Morgan fingerprint density at radius 3 is 2.49 bits per heavy atom. The zero-order valence-corrected chi connectivity index (χ0v) is 22.4. The van der Waals surface area contributed by atoms with E-state index in [2.05, 4.69) is 39.5 Å². The molecule has 4 aromatic rings. The maximum atomic E-state index is 12.2. The van der Waals surface area contributed by atoms with E-state index in [4.69, 9.17) is 19.4 Å². The van der Waals surface area contributed by atoms with E-state index >= 15 is 0 Å². The van der Waals surface area contributed by atoms with Crippen molar-refractivity contribution in [1.29, 1.82) is 0 Å². The van der Waals surface area contributed by atoms with Crippen molar-refractivity contribution in [3.8, 4) is 22.4 Å². The molecule has 3 aromatic heterocycles. The van der Waals surface area contributed by atoms with Crippen LogP contribution in [0.5, 0.6) is 0 Å². The molecule has 1 N–H and O–H groups in total. The summed E-state index contributed by atoms with van der Waals surface area (Å²) in [4.78, 5) is 28.6. The lowest BCUT2D eigenvalue weighted by atomic mass is 10.0. The molecule has 9 heteroatoms. The Bertz CT molecular complexity index is 1290. The van der Waals surface area contributed by atoms with Crippen molar-refractivity contribution in [1.82, 2.24) is 25.2 Å². The van der Waals surface area contributed by atoms with E-state index in [-0.39, 0.29) is 12.3 Å². The van der Waals surface area contributed by atoms with Crippen LogP contribution < -0.4 is 5.32 Å². The molecule has 0 saturated heterocycles. The zero-order valence-electron chi connectivity index (χ0n) is 21.6. The lowest BCUT2D eigenvalue weighted by Crippen LogP contribution is -2.30. The Morgan fingerprint density at radius 2 is 1.84 bits per heavy atom. The van der Waals surface area contributed by atoms with Gasteiger partial charge in [0.2, 0.25) is 5.91 Å². The van der Waals surface area contributed by atoms with Gasteiger partial charge in [0.1, 0.15) is 5.01 Å². The van der Waals surface area contributed by atoms with Gasteiger partial charge in [0.25, 0.3) is 0 Å². The van der Waals surface area contributed by atoms with Crippen LogP contribution in [0.1, 0.15) is 17.6 Å². The van der Waals surface area contributed by atoms with Crippen LogP contribution in [0.3, 0.4) is 0 Å². The zero-order chi connectivity index (χ0) is 26.0. The van der Waals surface area contributed by atoms with E-state index in [9.17, 15) is 4.79 Å². The van der Waals surface area contributed by atoms with E-state index in [0.717, 1.165) is 62.9 Å². The lowest BCUT2D eigenvalue weighted by molar-refractivity contribution is -0.120. The number of carbonyl (C=O) groups is 1. The molecule has 0 bridgehead atoms. The van der Waals surface area contributed by atoms with Gasteiger partial charge in [-0.25, -0.2) is 4.98 Å². The predicted octanol–water partition coefficient (Wildman–Crippen LogP) is 4.19. The first kappa shape index (κ1) is 26.8. The van der Waals surface area contributed by atoms with Crippen molar-refractivity contribution in [2.45, 2.75) is 19.9 Å². The minimum atomic E-state index is -0.0222. The summed E-state index contributed by atoms with van der Waals surface area (Å²) in [6.45, 7) is 6.19. The van der Waals surface area contributed by atoms with Crippen LogP contribution in [0, 0.1) is 0 Å². The van der Waals surface area contributed by atoms with Crippen LogP contribution in [0.25, 0.3) is 32.6 Å². The number of benzene rings is 1. The molecule has 194 valence electrons. The number of aromatic nitrogens is 3. The van der Waals surface area contributed by atoms with Crippen LogP contribution in [-0.2, 0) is 27.2 Å². The van der Waals surface area contributed by atoms with Gasteiger partial charge in [0.05, 0.1) is 41.2 Å². The van der Waals surface area contributed by atoms with E-state index < -0.39 is 0 Å². The van der Waals surface area contributed by atoms with Crippen molar-refractivity contribution in [2.75, 3.05) is 47.1 Å². The maximum absolute atomic E-state index is 12.2. The Hall–Kier alpha value is -3.24. The van der Waals surface area contributed by atoms with Crippen molar-refractivity contribution in [3.05, 3.63) is 65.6 Å². The largest absolute Gasteiger partial charge is 0.383 e. The number of pyridine rings is 2. The highest BCUT2D eigenvalue weighted by atomic mass is 32.1. The number of hydrogen-bond acceptors (Lipinski definition) is 8. The minimum Gasteiger partial charge on any atom is -0.383 e. The number of thiazole rings is 1. The Labute approximate surface area is 221 Å². The third kappa shape index (κ3) is 7.17. The summed E-state index contributed by atoms with van der Waals surface area (Å²) in [6.07, 6.45) is 3.97. The Morgan fingerprint density at radius 1 is 1.03 bits per heavy atom. The minimum absolute atomic E-state index is 0.0222. The number of amides is 1. The second-order valence-corrected chi connectivity index (χ2v) is 9.71. The monoisotopic (exact) mass is 519 g/mol. The third-order valence-corrected chi connectivity index (χ3v) is 7.03. The van der Waals surface area contributed by atoms with Crippen molar-refractivity contribution in [3.63, 3.8) is 0 Å².